The molecule has 28 heavy (non-hydrogen) atoms. The Morgan fingerprint density at radius 2 is 1.75 bits per heavy atom. The van der Waals surface area contributed by atoms with E-state index in [2.05, 4.69) is 20.8 Å². The Morgan fingerprint density at radius 1 is 1.07 bits per heavy atom. The predicted octanol–water partition coefficient (Wildman–Crippen LogP) is 3.92. The van der Waals surface area contributed by atoms with Crippen molar-refractivity contribution < 1.29 is 24.1 Å². The van der Waals surface area contributed by atoms with Gasteiger partial charge in [0.15, 0.2) is 5.79 Å². The molecule has 5 nitrogen and oxygen atoms in total. The van der Waals surface area contributed by atoms with Crippen LogP contribution in [0.3, 0.4) is 0 Å². The summed E-state index contributed by atoms with van der Waals surface area (Å²) in [5, 5.41) is 10.5. The fraction of sp³-hybridized carbons (Fsp3) is 0.957. The zero-order valence-electron chi connectivity index (χ0n) is 18.0. The lowest BCUT2D eigenvalue weighted by molar-refractivity contribution is -0.247. The Morgan fingerprint density at radius 3 is 2.39 bits per heavy atom. The molecule has 1 spiro atoms. The first-order valence-corrected chi connectivity index (χ1v) is 11.3. The van der Waals surface area contributed by atoms with Crippen molar-refractivity contribution in [2.45, 2.75) is 84.5 Å². The molecule has 0 amide bonds. The van der Waals surface area contributed by atoms with E-state index in [1.54, 1.807) is 0 Å². The van der Waals surface area contributed by atoms with Crippen LogP contribution in [0.25, 0.3) is 0 Å². The number of aliphatic hydroxyl groups is 1. The minimum atomic E-state index is -0.451. The maximum atomic E-state index is 11.8. The summed E-state index contributed by atoms with van der Waals surface area (Å²) < 4.78 is 18.3. The average Bonchev–Trinajstić information content (AvgIpc) is 3.24. The number of hydrogen-bond acceptors (Lipinski definition) is 5. The summed E-state index contributed by atoms with van der Waals surface area (Å²) in [5.41, 5.74) is -0.108. The van der Waals surface area contributed by atoms with Crippen molar-refractivity contribution in [2.75, 3.05) is 19.8 Å². The van der Waals surface area contributed by atoms with Gasteiger partial charge in [-0.3, -0.25) is 4.79 Å². The lowest BCUT2D eigenvalue weighted by Crippen LogP contribution is -2.57. The van der Waals surface area contributed by atoms with E-state index in [1.165, 1.54) is 13.3 Å². The van der Waals surface area contributed by atoms with Gasteiger partial charge in [-0.1, -0.05) is 20.8 Å². The first-order valence-electron chi connectivity index (χ1n) is 11.3. The van der Waals surface area contributed by atoms with Gasteiger partial charge in [-0.15, -0.1) is 0 Å². The first-order chi connectivity index (χ1) is 13.3. The molecule has 0 aromatic heterocycles. The topological polar surface area (TPSA) is 65.0 Å². The van der Waals surface area contributed by atoms with Gasteiger partial charge in [-0.25, -0.2) is 0 Å². The number of carbonyl (C=O) groups is 1. The minimum absolute atomic E-state index is 0.0390. The molecule has 0 aromatic carbocycles. The zero-order chi connectivity index (χ0) is 20.2. The number of hydrogen-bond donors (Lipinski definition) is 1. The van der Waals surface area contributed by atoms with Crippen LogP contribution in [-0.2, 0) is 19.0 Å². The van der Waals surface area contributed by atoms with Crippen molar-refractivity contribution >= 4 is 5.97 Å². The second-order valence-corrected chi connectivity index (χ2v) is 10.5. The predicted molar refractivity (Wildman–Crippen MR) is 105 cm³/mol. The van der Waals surface area contributed by atoms with E-state index < -0.39 is 5.79 Å². The summed E-state index contributed by atoms with van der Waals surface area (Å²) in [6.45, 7) is 9.97. The molecule has 0 aromatic rings. The van der Waals surface area contributed by atoms with E-state index in [-0.39, 0.29) is 35.4 Å². The molecule has 5 heteroatoms. The normalized spacial score (nSPS) is 47.8. The lowest BCUT2D eigenvalue weighted by atomic mass is 9.50. The smallest absolute Gasteiger partial charge is 0.302 e. The van der Waals surface area contributed by atoms with Gasteiger partial charge in [0, 0.05) is 30.8 Å². The maximum Gasteiger partial charge on any atom is 0.302 e. The lowest BCUT2D eigenvalue weighted by Gasteiger charge is -2.57. The monoisotopic (exact) mass is 394 g/mol. The second kappa shape index (κ2) is 7.24. The molecule has 1 heterocycles. The highest BCUT2D eigenvalue weighted by molar-refractivity contribution is 5.66. The van der Waals surface area contributed by atoms with Gasteiger partial charge in [-0.2, -0.15) is 0 Å². The van der Waals surface area contributed by atoms with Crippen LogP contribution < -0.4 is 0 Å². The Hall–Kier alpha value is -0.650. The number of aliphatic hydroxyl groups excluding tert-OH is 1. The Kier molecular flexibility index (Phi) is 5.33. The van der Waals surface area contributed by atoms with Crippen LogP contribution in [0, 0.1) is 34.5 Å². The molecular formula is C23H38O5. The molecule has 0 radical (unpaired) electrons. The minimum Gasteiger partial charge on any atom is -0.462 e. The Bertz CT molecular complexity index is 600. The summed E-state index contributed by atoms with van der Waals surface area (Å²) in [4.78, 5) is 11.8. The maximum absolute atomic E-state index is 11.8. The summed E-state index contributed by atoms with van der Waals surface area (Å²) in [6.07, 6.45) is 7.18. The van der Waals surface area contributed by atoms with Crippen LogP contribution in [0.2, 0.25) is 0 Å². The molecule has 0 bridgehead atoms. The van der Waals surface area contributed by atoms with Crippen LogP contribution in [0.15, 0.2) is 0 Å². The third-order valence-electron chi connectivity index (χ3n) is 9.13. The number of esters is 1. The number of fused-ring (bicyclic) bond motifs is 2. The summed E-state index contributed by atoms with van der Waals surface area (Å²) in [6, 6.07) is 0. The van der Waals surface area contributed by atoms with Gasteiger partial charge in [0.1, 0.15) is 6.10 Å². The van der Waals surface area contributed by atoms with Gasteiger partial charge in [0.2, 0.25) is 0 Å². The molecule has 1 saturated heterocycles. The van der Waals surface area contributed by atoms with Crippen LogP contribution in [0.1, 0.15) is 72.6 Å². The fourth-order valence-electron chi connectivity index (χ4n) is 7.52. The van der Waals surface area contributed by atoms with Crippen molar-refractivity contribution in [1.29, 1.82) is 0 Å². The largest absolute Gasteiger partial charge is 0.462 e. The van der Waals surface area contributed by atoms with Crippen LogP contribution in [0.5, 0.6) is 0 Å². The van der Waals surface area contributed by atoms with Crippen LogP contribution >= 0.6 is 0 Å². The highest BCUT2D eigenvalue weighted by Gasteiger charge is 2.66. The van der Waals surface area contributed by atoms with Gasteiger partial charge in [0.25, 0.3) is 0 Å². The molecule has 160 valence electrons. The highest BCUT2D eigenvalue weighted by atomic mass is 16.7. The molecular weight excluding hydrogens is 356 g/mol. The van der Waals surface area contributed by atoms with E-state index in [1.807, 2.05) is 0 Å². The van der Waals surface area contributed by atoms with Crippen molar-refractivity contribution in [3.8, 4) is 0 Å². The number of ether oxygens (including phenoxy) is 3. The first kappa shape index (κ1) is 20.6. The van der Waals surface area contributed by atoms with Crippen molar-refractivity contribution in [2.24, 2.45) is 34.5 Å². The van der Waals surface area contributed by atoms with Gasteiger partial charge in [0.05, 0.1) is 13.2 Å². The third kappa shape index (κ3) is 2.95. The van der Waals surface area contributed by atoms with E-state index in [9.17, 15) is 9.90 Å². The standard InChI is InChI=1S/C23H38O5/c1-15-5-8-21(3,20(13-15)28-16(2)25)18-6-9-22(4)19(17(18)14-24)7-10-23(22)26-11-12-27-23/h15,17-20,24H,5-14H2,1-4H3/t15-,17+,18?,19?,20-,21+,22-/m0/s1. The average molecular weight is 395 g/mol. The van der Waals surface area contributed by atoms with Gasteiger partial charge in [-0.05, 0) is 62.2 Å². The van der Waals surface area contributed by atoms with Crippen LogP contribution in [0.4, 0.5) is 0 Å². The Balaban J connectivity index is 1.63. The summed E-state index contributed by atoms with van der Waals surface area (Å²) in [7, 11) is 0. The Labute approximate surface area is 169 Å². The SMILES string of the molecule is CC(=O)O[C@H]1C[C@@H](C)CC[C@]1(C)C1CC[C@@]2(C)C(CCC23OCCO3)[C@@H]1CO. The molecule has 3 saturated carbocycles. The third-order valence-corrected chi connectivity index (χ3v) is 9.13. The molecule has 4 rings (SSSR count). The van der Waals surface area contributed by atoms with Crippen LogP contribution in [-0.4, -0.2) is 42.8 Å². The fourth-order valence-corrected chi connectivity index (χ4v) is 7.52. The molecule has 1 N–H and O–H groups in total. The van der Waals surface area contributed by atoms with E-state index in [4.69, 9.17) is 14.2 Å². The molecule has 3 aliphatic carbocycles. The zero-order valence-corrected chi connectivity index (χ0v) is 18.0. The van der Waals surface area contributed by atoms with E-state index in [0.717, 1.165) is 38.5 Å². The van der Waals surface area contributed by atoms with Gasteiger partial charge < -0.3 is 19.3 Å². The number of rotatable bonds is 3. The summed E-state index contributed by atoms with van der Waals surface area (Å²) in [5.74, 6) is 0.913. The second-order valence-electron chi connectivity index (χ2n) is 10.5. The van der Waals surface area contributed by atoms with Gasteiger partial charge >= 0.3 is 5.97 Å². The molecule has 4 aliphatic rings. The van der Waals surface area contributed by atoms with Crippen molar-refractivity contribution in [3.05, 3.63) is 0 Å². The molecule has 2 unspecified atom stereocenters. The van der Waals surface area contributed by atoms with Crippen molar-refractivity contribution in [1.82, 2.24) is 0 Å². The highest BCUT2D eigenvalue weighted by Crippen LogP contribution is 2.66. The van der Waals surface area contributed by atoms with E-state index >= 15 is 0 Å². The molecule has 1 aliphatic heterocycles. The molecule has 7 atom stereocenters. The number of carbonyl (C=O) groups excluding carboxylic acids is 1. The molecule has 4 fully saturated rings. The van der Waals surface area contributed by atoms with Crippen molar-refractivity contribution in [3.63, 3.8) is 0 Å². The van der Waals surface area contributed by atoms with E-state index in [0.29, 0.717) is 31.0 Å². The quantitative estimate of drug-likeness (QED) is 0.735. The summed E-state index contributed by atoms with van der Waals surface area (Å²) >= 11 is 0.